The SMILES string of the molecule is CCCOC(C)C(=O)Nc1cccc(C(N)=S)c1. The number of hydrogen-bond donors (Lipinski definition) is 2. The van der Waals surface area contributed by atoms with E-state index < -0.39 is 6.10 Å². The summed E-state index contributed by atoms with van der Waals surface area (Å²) in [7, 11) is 0. The Labute approximate surface area is 113 Å². The van der Waals surface area contributed by atoms with Crippen molar-refractivity contribution in [3.8, 4) is 0 Å². The molecule has 1 atom stereocenters. The third kappa shape index (κ3) is 4.43. The molecule has 3 N–H and O–H groups in total. The maximum absolute atomic E-state index is 11.8. The van der Waals surface area contributed by atoms with Gasteiger partial charge in [-0.3, -0.25) is 4.79 Å². The highest BCUT2D eigenvalue weighted by Crippen LogP contribution is 2.11. The molecule has 0 heterocycles. The second-order valence-electron chi connectivity index (χ2n) is 3.95. The second-order valence-corrected chi connectivity index (χ2v) is 4.39. The monoisotopic (exact) mass is 266 g/mol. The zero-order chi connectivity index (χ0) is 13.5. The Morgan fingerprint density at radius 2 is 2.28 bits per heavy atom. The van der Waals surface area contributed by atoms with Crippen LogP contribution in [0.2, 0.25) is 0 Å². The molecule has 0 aliphatic heterocycles. The number of nitrogens with two attached hydrogens (primary N) is 1. The number of ether oxygens (including phenoxy) is 1. The summed E-state index contributed by atoms with van der Waals surface area (Å²) < 4.78 is 5.34. The van der Waals surface area contributed by atoms with Gasteiger partial charge in [-0.25, -0.2) is 0 Å². The van der Waals surface area contributed by atoms with Crippen molar-refractivity contribution in [3.05, 3.63) is 29.8 Å². The highest BCUT2D eigenvalue weighted by molar-refractivity contribution is 7.80. The van der Waals surface area contributed by atoms with Gasteiger partial charge in [-0.05, 0) is 25.5 Å². The average molecular weight is 266 g/mol. The van der Waals surface area contributed by atoms with Crippen molar-refractivity contribution >= 4 is 28.8 Å². The van der Waals surface area contributed by atoms with Gasteiger partial charge >= 0.3 is 0 Å². The van der Waals surface area contributed by atoms with E-state index in [1.54, 1.807) is 31.2 Å². The van der Waals surface area contributed by atoms with E-state index in [9.17, 15) is 4.79 Å². The quantitative estimate of drug-likeness (QED) is 0.774. The molecular weight excluding hydrogens is 248 g/mol. The normalized spacial score (nSPS) is 11.9. The van der Waals surface area contributed by atoms with Crippen LogP contribution < -0.4 is 11.1 Å². The standard InChI is InChI=1S/C13H18N2O2S/c1-3-7-17-9(2)13(16)15-11-6-4-5-10(8-11)12(14)18/h4-6,8-9H,3,7H2,1-2H3,(H2,14,18)(H,15,16). The fraction of sp³-hybridized carbons (Fsp3) is 0.385. The minimum Gasteiger partial charge on any atom is -0.389 e. The summed E-state index contributed by atoms with van der Waals surface area (Å²) in [6.45, 7) is 4.29. The molecule has 1 amide bonds. The number of carbonyl (C=O) groups is 1. The number of rotatable bonds is 6. The third-order valence-corrected chi connectivity index (χ3v) is 2.59. The van der Waals surface area contributed by atoms with Crippen LogP contribution in [0.1, 0.15) is 25.8 Å². The van der Waals surface area contributed by atoms with Gasteiger partial charge in [-0.2, -0.15) is 0 Å². The topological polar surface area (TPSA) is 64.3 Å². The summed E-state index contributed by atoms with van der Waals surface area (Å²) in [4.78, 5) is 12.1. The zero-order valence-corrected chi connectivity index (χ0v) is 11.4. The summed E-state index contributed by atoms with van der Waals surface area (Å²) in [6.07, 6.45) is 0.410. The summed E-state index contributed by atoms with van der Waals surface area (Å²) in [6, 6.07) is 7.12. The fourth-order valence-electron chi connectivity index (χ4n) is 1.36. The van der Waals surface area contributed by atoms with Gasteiger partial charge in [-0.15, -0.1) is 0 Å². The van der Waals surface area contributed by atoms with Crippen LogP contribution in [0, 0.1) is 0 Å². The van der Waals surface area contributed by atoms with Gasteiger partial charge in [0, 0.05) is 17.9 Å². The molecule has 0 bridgehead atoms. The molecule has 98 valence electrons. The third-order valence-electron chi connectivity index (χ3n) is 2.36. The van der Waals surface area contributed by atoms with Gasteiger partial charge in [0.15, 0.2) is 0 Å². The minimum absolute atomic E-state index is 0.177. The van der Waals surface area contributed by atoms with Crippen molar-refractivity contribution < 1.29 is 9.53 Å². The smallest absolute Gasteiger partial charge is 0.253 e. The molecule has 0 fully saturated rings. The molecule has 0 spiro atoms. The second kappa shape index (κ2) is 7.08. The minimum atomic E-state index is -0.474. The molecule has 1 rings (SSSR count). The van der Waals surface area contributed by atoms with E-state index >= 15 is 0 Å². The number of benzene rings is 1. The number of anilines is 1. The highest BCUT2D eigenvalue weighted by Gasteiger charge is 2.13. The van der Waals surface area contributed by atoms with E-state index in [0.717, 1.165) is 12.0 Å². The number of thiocarbonyl (C=S) groups is 1. The molecule has 0 aliphatic carbocycles. The molecule has 1 aromatic carbocycles. The number of hydrogen-bond acceptors (Lipinski definition) is 3. The molecule has 0 radical (unpaired) electrons. The Morgan fingerprint density at radius 3 is 2.89 bits per heavy atom. The van der Waals surface area contributed by atoms with Crippen LogP contribution in [-0.2, 0) is 9.53 Å². The predicted molar refractivity (Wildman–Crippen MR) is 76.7 cm³/mol. The van der Waals surface area contributed by atoms with Crippen LogP contribution in [0.5, 0.6) is 0 Å². The van der Waals surface area contributed by atoms with Crippen LogP contribution in [-0.4, -0.2) is 23.6 Å². The molecule has 0 aliphatic rings. The molecule has 1 unspecified atom stereocenters. The van der Waals surface area contributed by atoms with E-state index in [1.807, 2.05) is 6.92 Å². The molecule has 4 nitrogen and oxygen atoms in total. The van der Waals surface area contributed by atoms with Crippen molar-refractivity contribution in [1.29, 1.82) is 0 Å². The Bertz CT molecular complexity index is 435. The van der Waals surface area contributed by atoms with Gasteiger partial charge in [-0.1, -0.05) is 31.3 Å². The van der Waals surface area contributed by atoms with Gasteiger partial charge in [0.25, 0.3) is 5.91 Å². The molecular formula is C13H18N2O2S. The van der Waals surface area contributed by atoms with Gasteiger partial charge in [0.05, 0.1) is 0 Å². The van der Waals surface area contributed by atoms with Crippen molar-refractivity contribution in [2.45, 2.75) is 26.4 Å². The lowest BCUT2D eigenvalue weighted by molar-refractivity contribution is -0.126. The van der Waals surface area contributed by atoms with E-state index in [4.69, 9.17) is 22.7 Å². The van der Waals surface area contributed by atoms with E-state index in [1.165, 1.54) is 0 Å². The van der Waals surface area contributed by atoms with Gasteiger partial charge in [0.2, 0.25) is 0 Å². The van der Waals surface area contributed by atoms with E-state index in [0.29, 0.717) is 17.3 Å². The lowest BCUT2D eigenvalue weighted by Gasteiger charge is -2.13. The van der Waals surface area contributed by atoms with Crippen LogP contribution >= 0.6 is 12.2 Å². The Balaban J connectivity index is 2.64. The largest absolute Gasteiger partial charge is 0.389 e. The molecule has 0 saturated carbocycles. The molecule has 0 aromatic heterocycles. The molecule has 5 heteroatoms. The summed E-state index contributed by atoms with van der Waals surface area (Å²) >= 11 is 4.88. The van der Waals surface area contributed by atoms with Gasteiger partial charge < -0.3 is 15.8 Å². The van der Waals surface area contributed by atoms with Crippen molar-refractivity contribution in [2.75, 3.05) is 11.9 Å². The summed E-state index contributed by atoms with van der Waals surface area (Å²) in [5, 5.41) is 2.77. The van der Waals surface area contributed by atoms with Crippen LogP contribution in [0.15, 0.2) is 24.3 Å². The lowest BCUT2D eigenvalue weighted by Crippen LogP contribution is -2.28. The predicted octanol–water partition coefficient (Wildman–Crippen LogP) is 2.07. The molecule has 18 heavy (non-hydrogen) atoms. The maximum Gasteiger partial charge on any atom is 0.253 e. The van der Waals surface area contributed by atoms with E-state index in [-0.39, 0.29) is 5.91 Å². The Kier molecular flexibility index (Phi) is 5.74. The number of carbonyl (C=O) groups excluding carboxylic acids is 1. The summed E-state index contributed by atoms with van der Waals surface area (Å²) in [5.41, 5.74) is 6.92. The first-order valence-electron chi connectivity index (χ1n) is 5.87. The average Bonchev–Trinajstić information content (AvgIpc) is 2.36. The van der Waals surface area contributed by atoms with Crippen LogP contribution in [0.25, 0.3) is 0 Å². The Hall–Kier alpha value is -1.46. The van der Waals surface area contributed by atoms with E-state index in [2.05, 4.69) is 5.32 Å². The van der Waals surface area contributed by atoms with Crippen LogP contribution in [0.4, 0.5) is 5.69 Å². The van der Waals surface area contributed by atoms with Crippen molar-refractivity contribution in [1.82, 2.24) is 0 Å². The number of nitrogens with one attached hydrogen (secondary N) is 1. The first kappa shape index (κ1) is 14.6. The first-order valence-corrected chi connectivity index (χ1v) is 6.27. The zero-order valence-electron chi connectivity index (χ0n) is 10.6. The summed E-state index contributed by atoms with van der Waals surface area (Å²) in [5.74, 6) is -0.177. The van der Waals surface area contributed by atoms with Crippen molar-refractivity contribution in [3.63, 3.8) is 0 Å². The fourth-order valence-corrected chi connectivity index (χ4v) is 1.49. The number of amides is 1. The highest BCUT2D eigenvalue weighted by atomic mass is 32.1. The first-order chi connectivity index (χ1) is 8.54. The van der Waals surface area contributed by atoms with Gasteiger partial charge in [0.1, 0.15) is 11.1 Å². The lowest BCUT2D eigenvalue weighted by atomic mass is 10.2. The van der Waals surface area contributed by atoms with Crippen molar-refractivity contribution in [2.24, 2.45) is 5.73 Å². The van der Waals surface area contributed by atoms with Crippen LogP contribution in [0.3, 0.4) is 0 Å². The maximum atomic E-state index is 11.8. The molecule has 1 aromatic rings. The molecule has 0 saturated heterocycles. The Morgan fingerprint density at radius 1 is 1.56 bits per heavy atom.